The van der Waals surface area contributed by atoms with E-state index >= 15 is 0 Å². The molecule has 0 bridgehead atoms. The van der Waals surface area contributed by atoms with Gasteiger partial charge in [-0.15, -0.1) is 11.8 Å². The van der Waals surface area contributed by atoms with Crippen molar-refractivity contribution in [2.24, 2.45) is 0 Å². The largest absolute Gasteiger partial charge is 0.338 e. The summed E-state index contributed by atoms with van der Waals surface area (Å²) in [5.41, 5.74) is 0.329. The first-order chi connectivity index (χ1) is 12.6. The first kappa shape index (κ1) is 18.7. The quantitative estimate of drug-likeness (QED) is 0.751. The van der Waals surface area contributed by atoms with Crippen LogP contribution in [0.1, 0.15) is 17.4 Å². The van der Waals surface area contributed by atoms with Crippen LogP contribution in [0.3, 0.4) is 0 Å². The molecule has 0 aliphatic carbocycles. The fourth-order valence-electron chi connectivity index (χ4n) is 2.74. The zero-order valence-electron chi connectivity index (χ0n) is 14.3. The second kappa shape index (κ2) is 8.51. The van der Waals surface area contributed by atoms with Crippen LogP contribution in [0, 0.1) is 0 Å². The molecule has 1 unspecified atom stereocenters. The summed E-state index contributed by atoms with van der Waals surface area (Å²) in [6, 6.07) is 7.50. The van der Waals surface area contributed by atoms with Gasteiger partial charge in [-0.3, -0.25) is 14.6 Å². The Hall–Kier alpha value is -2.12. The Balaban J connectivity index is 1.55. The minimum atomic E-state index is -0.239. The Bertz CT molecular complexity index is 782. The Kier molecular flexibility index (Phi) is 6.11. The van der Waals surface area contributed by atoms with Gasteiger partial charge in [-0.1, -0.05) is 23.7 Å². The number of piperazine rings is 1. The first-order valence-electron chi connectivity index (χ1n) is 8.31. The lowest BCUT2D eigenvalue weighted by atomic mass is 10.2. The molecule has 1 fully saturated rings. The lowest BCUT2D eigenvalue weighted by Gasteiger charge is -2.35. The van der Waals surface area contributed by atoms with Crippen LogP contribution in [-0.4, -0.2) is 63.0 Å². The zero-order chi connectivity index (χ0) is 18.5. The molecule has 1 aromatic heterocycles. The van der Waals surface area contributed by atoms with Crippen LogP contribution in [0.5, 0.6) is 0 Å². The van der Waals surface area contributed by atoms with E-state index < -0.39 is 0 Å². The molecule has 1 aromatic carbocycles. The number of carbonyl (C=O) groups is 2. The molecule has 0 N–H and O–H groups in total. The molecule has 0 radical (unpaired) electrons. The number of hydrogen-bond donors (Lipinski definition) is 0. The summed E-state index contributed by atoms with van der Waals surface area (Å²) in [5, 5.41) is 0.411. The summed E-state index contributed by atoms with van der Waals surface area (Å²) in [6.07, 6.45) is 4.49. The number of halogens is 1. The van der Waals surface area contributed by atoms with Crippen LogP contribution in [0.15, 0.2) is 47.8 Å². The van der Waals surface area contributed by atoms with Crippen LogP contribution in [-0.2, 0) is 4.79 Å². The molecule has 0 saturated carbocycles. The molecule has 1 atom stereocenters. The fraction of sp³-hybridized carbons (Fsp3) is 0.333. The van der Waals surface area contributed by atoms with Gasteiger partial charge < -0.3 is 9.80 Å². The molecule has 2 aromatic rings. The van der Waals surface area contributed by atoms with Crippen molar-refractivity contribution in [3.63, 3.8) is 0 Å². The van der Waals surface area contributed by atoms with Crippen molar-refractivity contribution in [2.75, 3.05) is 26.2 Å². The minimum Gasteiger partial charge on any atom is -0.338 e. The van der Waals surface area contributed by atoms with Gasteiger partial charge in [0.25, 0.3) is 5.91 Å². The SMILES string of the molecule is CC(Sc1ccccc1Cl)C(=O)N1CCN(C(=O)c2cnccn2)CC1. The van der Waals surface area contributed by atoms with E-state index in [0.717, 1.165) is 4.90 Å². The third-order valence-corrected chi connectivity index (χ3v) is 5.76. The summed E-state index contributed by atoms with van der Waals surface area (Å²) < 4.78 is 0. The topological polar surface area (TPSA) is 66.4 Å². The van der Waals surface area contributed by atoms with Gasteiger partial charge >= 0.3 is 0 Å². The van der Waals surface area contributed by atoms with E-state index in [2.05, 4.69) is 9.97 Å². The Labute approximate surface area is 161 Å². The maximum absolute atomic E-state index is 12.7. The van der Waals surface area contributed by atoms with Gasteiger partial charge in [-0.25, -0.2) is 4.98 Å². The van der Waals surface area contributed by atoms with E-state index in [1.54, 1.807) is 9.80 Å². The fourth-order valence-corrected chi connectivity index (χ4v) is 3.98. The van der Waals surface area contributed by atoms with Crippen LogP contribution >= 0.6 is 23.4 Å². The third kappa shape index (κ3) is 4.34. The highest BCUT2D eigenvalue weighted by Gasteiger charge is 2.28. The van der Waals surface area contributed by atoms with E-state index in [1.807, 2.05) is 31.2 Å². The average Bonchev–Trinajstić information content (AvgIpc) is 2.69. The molecular weight excluding hydrogens is 372 g/mol. The van der Waals surface area contributed by atoms with E-state index in [0.29, 0.717) is 36.9 Å². The molecule has 8 heteroatoms. The molecule has 1 aliphatic rings. The second-order valence-corrected chi connectivity index (χ2v) is 7.69. The van der Waals surface area contributed by atoms with E-state index in [9.17, 15) is 9.59 Å². The van der Waals surface area contributed by atoms with E-state index in [-0.39, 0.29) is 17.1 Å². The minimum absolute atomic E-state index is 0.0570. The number of rotatable bonds is 4. The first-order valence-corrected chi connectivity index (χ1v) is 9.57. The highest BCUT2D eigenvalue weighted by atomic mass is 35.5. The summed E-state index contributed by atoms with van der Waals surface area (Å²) in [7, 11) is 0. The molecule has 3 rings (SSSR count). The molecular formula is C18H19ClN4O2S. The van der Waals surface area contributed by atoms with Gasteiger partial charge in [-0.2, -0.15) is 0 Å². The van der Waals surface area contributed by atoms with Gasteiger partial charge in [0.05, 0.1) is 16.5 Å². The van der Waals surface area contributed by atoms with Gasteiger partial charge in [0.2, 0.25) is 5.91 Å². The van der Waals surface area contributed by atoms with Crippen molar-refractivity contribution in [3.8, 4) is 0 Å². The molecule has 2 heterocycles. The summed E-state index contributed by atoms with van der Waals surface area (Å²) in [4.78, 5) is 37.5. The summed E-state index contributed by atoms with van der Waals surface area (Å²) >= 11 is 7.62. The molecule has 136 valence electrons. The van der Waals surface area contributed by atoms with Crippen molar-refractivity contribution in [1.29, 1.82) is 0 Å². The van der Waals surface area contributed by atoms with Crippen molar-refractivity contribution in [2.45, 2.75) is 17.1 Å². The number of nitrogens with zero attached hydrogens (tertiary/aromatic N) is 4. The average molecular weight is 391 g/mol. The smallest absolute Gasteiger partial charge is 0.274 e. The van der Waals surface area contributed by atoms with Gasteiger partial charge in [-0.05, 0) is 19.1 Å². The number of hydrogen-bond acceptors (Lipinski definition) is 5. The molecule has 26 heavy (non-hydrogen) atoms. The van der Waals surface area contributed by atoms with Crippen LogP contribution in [0.25, 0.3) is 0 Å². The van der Waals surface area contributed by atoms with Gasteiger partial charge in [0, 0.05) is 43.5 Å². The normalized spacial score (nSPS) is 15.6. The highest BCUT2D eigenvalue weighted by Crippen LogP contribution is 2.30. The standard InChI is InChI=1S/C18H19ClN4O2S/c1-13(26-16-5-3-2-4-14(16)19)17(24)22-8-10-23(11-9-22)18(25)15-12-20-6-7-21-15/h2-7,12-13H,8-11H2,1H3. The predicted molar refractivity (Wildman–Crippen MR) is 101 cm³/mol. The van der Waals surface area contributed by atoms with E-state index in [1.165, 1.54) is 30.4 Å². The summed E-state index contributed by atoms with van der Waals surface area (Å²) in [5.74, 6) is -0.0924. The Morgan fingerprint density at radius 1 is 1.12 bits per heavy atom. The van der Waals surface area contributed by atoms with Crippen LogP contribution in [0.4, 0.5) is 0 Å². The van der Waals surface area contributed by atoms with Crippen LogP contribution in [0.2, 0.25) is 5.02 Å². The molecule has 2 amide bonds. The number of amides is 2. The van der Waals surface area contributed by atoms with Crippen molar-refractivity contribution >= 4 is 35.2 Å². The van der Waals surface area contributed by atoms with Crippen molar-refractivity contribution < 1.29 is 9.59 Å². The van der Waals surface area contributed by atoms with Crippen molar-refractivity contribution in [3.05, 3.63) is 53.6 Å². The number of thioether (sulfide) groups is 1. The monoisotopic (exact) mass is 390 g/mol. The molecule has 1 aliphatic heterocycles. The zero-order valence-corrected chi connectivity index (χ0v) is 15.9. The molecule has 6 nitrogen and oxygen atoms in total. The van der Waals surface area contributed by atoms with Crippen molar-refractivity contribution in [1.82, 2.24) is 19.8 Å². The van der Waals surface area contributed by atoms with E-state index in [4.69, 9.17) is 11.6 Å². The molecule has 1 saturated heterocycles. The number of aromatic nitrogens is 2. The lowest BCUT2D eigenvalue weighted by molar-refractivity contribution is -0.131. The Morgan fingerprint density at radius 2 is 1.81 bits per heavy atom. The third-order valence-electron chi connectivity index (χ3n) is 4.15. The van der Waals surface area contributed by atoms with Gasteiger partial charge in [0.1, 0.15) is 5.69 Å². The Morgan fingerprint density at radius 3 is 2.46 bits per heavy atom. The maximum Gasteiger partial charge on any atom is 0.274 e. The van der Waals surface area contributed by atoms with Crippen LogP contribution < -0.4 is 0 Å². The lowest BCUT2D eigenvalue weighted by Crippen LogP contribution is -2.52. The predicted octanol–water partition coefficient (Wildman–Crippen LogP) is 2.60. The van der Waals surface area contributed by atoms with Gasteiger partial charge in [0.15, 0.2) is 0 Å². The highest BCUT2D eigenvalue weighted by molar-refractivity contribution is 8.00. The number of carbonyl (C=O) groups excluding carboxylic acids is 2. The summed E-state index contributed by atoms with van der Waals surface area (Å²) in [6.45, 7) is 3.89. The maximum atomic E-state index is 12.7. The molecule has 0 spiro atoms. The number of benzene rings is 1. The second-order valence-electron chi connectivity index (χ2n) is 5.90.